The molecule has 4 heteroatoms. The Bertz CT molecular complexity index is 395. The van der Waals surface area contributed by atoms with Crippen molar-refractivity contribution >= 4 is 17.5 Å². The number of carboxylic acid groups (broad SMARTS) is 1. The molecule has 2 aliphatic rings. The van der Waals surface area contributed by atoms with Gasteiger partial charge in [-0.15, -0.1) is 0 Å². The van der Waals surface area contributed by atoms with Gasteiger partial charge < -0.3 is 9.90 Å². The van der Waals surface area contributed by atoms with Crippen LogP contribution >= 0.6 is 0 Å². The van der Waals surface area contributed by atoms with E-state index in [1.807, 2.05) is 0 Å². The highest BCUT2D eigenvalue weighted by Crippen LogP contribution is 2.68. The van der Waals surface area contributed by atoms with E-state index in [1.165, 1.54) is 0 Å². The molecule has 0 saturated heterocycles. The van der Waals surface area contributed by atoms with Gasteiger partial charge in [0.2, 0.25) is 11.6 Å². The van der Waals surface area contributed by atoms with E-state index in [2.05, 4.69) is 0 Å². The maximum Gasteiger partial charge on any atom is 0.211 e. The van der Waals surface area contributed by atoms with Gasteiger partial charge in [-0.05, 0) is 18.3 Å². The number of aliphatic carboxylic acids is 1. The van der Waals surface area contributed by atoms with Crippen LogP contribution in [0.1, 0.15) is 33.6 Å². The third-order valence-electron chi connectivity index (χ3n) is 4.89. The highest BCUT2D eigenvalue weighted by Gasteiger charge is 2.75. The topological polar surface area (TPSA) is 74.3 Å². The standard InChI is InChI=1S/C11H14O4/c1-9(2)10(3)4-5-11(9,8(14)15)7(13)6(10)12/h4-5H2,1-3H3,(H,14,15)/p-1/t10-,11-/m0/s1. The maximum atomic E-state index is 11.8. The van der Waals surface area contributed by atoms with E-state index in [4.69, 9.17) is 0 Å². The van der Waals surface area contributed by atoms with Gasteiger partial charge >= 0.3 is 0 Å². The molecule has 0 unspecified atom stereocenters. The predicted molar refractivity (Wildman–Crippen MR) is 48.6 cm³/mol. The first kappa shape index (κ1) is 10.3. The zero-order valence-corrected chi connectivity index (χ0v) is 9.05. The molecule has 0 N–H and O–H groups in total. The molecule has 2 rings (SSSR count). The molecule has 2 atom stereocenters. The second-order valence-corrected chi connectivity index (χ2v) is 5.31. The van der Waals surface area contributed by atoms with Gasteiger partial charge in [-0.1, -0.05) is 20.8 Å². The fraction of sp³-hybridized carbons (Fsp3) is 0.727. The first-order valence-corrected chi connectivity index (χ1v) is 5.02. The van der Waals surface area contributed by atoms with Crippen LogP contribution in [0.25, 0.3) is 0 Å². The summed E-state index contributed by atoms with van der Waals surface area (Å²) in [5, 5.41) is 11.2. The van der Waals surface area contributed by atoms with Crippen LogP contribution < -0.4 is 5.11 Å². The number of hydrogen-bond donors (Lipinski definition) is 0. The Morgan fingerprint density at radius 1 is 1.13 bits per heavy atom. The van der Waals surface area contributed by atoms with Gasteiger partial charge in [-0.3, -0.25) is 9.59 Å². The van der Waals surface area contributed by atoms with E-state index in [0.29, 0.717) is 6.42 Å². The van der Waals surface area contributed by atoms with Crippen molar-refractivity contribution in [3.63, 3.8) is 0 Å². The van der Waals surface area contributed by atoms with Crippen molar-refractivity contribution in [2.24, 2.45) is 16.2 Å². The molecule has 0 heterocycles. The summed E-state index contributed by atoms with van der Waals surface area (Å²) >= 11 is 0. The van der Waals surface area contributed by atoms with Gasteiger partial charge in [-0.25, -0.2) is 0 Å². The van der Waals surface area contributed by atoms with Gasteiger partial charge in [0.05, 0.1) is 11.4 Å². The summed E-state index contributed by atoms with van der Waals surface area (Å²) in [6, 6.07) is 0. The van der Waals surface area contributed by atoms with Crippen molar-refractivity contribution < 1.29 is 19.5 Å². The fourth-order valence-electron chi connectivity index (χ4n) is 3.22. The lowest BCUT2D eigenvalue weighted by atomic mass is 9.65. The molecule has 2 aliphatic carbocycles. The molecule has 0 amide bonds. The predicted octanol–water partition coefficient (Wildman–Crippen LogP) is -0.299. The van der Waals surface area contributed by atoms with Crippen molar-refractivity contribution in [3.05, 3.63) is 0 Å². The molecule has 0 aromatic carbocycles. The Balaban J connectivity index is 2.73. The van der Waals surface area contributed by atoms with E-state index < -0.39 is 33.8 Å². The lowest BCUT2D eigenvalue weighted by Gasteiger charge is -2.38. The maximum absolute atomic E-state index is 11.8. The lowest BCUT2D eigenvalue weighted by Crippen LogP contribution is -2.51. The number of Topliss-reactive ketones (excluding diaryl/α,β-unsaturated/α-hetero) is 2. The summed E-state index contributed by atoms with van der Waals surface area (Å²) in [4.78, 5) is 34.8. The van der Waals surface area contributed by atoms with Crippen molar-refractivity contribution in [3.8, 4) is 0 Å². The van der Waals surface area contributed by atoms with Gasteiger partial charge in [-0.2, -0.15) is 0 Å². The number of carbonyl (C=O) groups excluding carboxylic acids is 3. The zero-order valence-electron chi connectivity index (χ0n) is 9.05. The van der Waals surface area contributed by atoms with E-state index in [0.717, 1.165) is 0 Å². The minimum Gasteiger partial charge on any atom is -0.549 e. The largest absolute Gasteiger partial charge is 0.549 e. The highest BCUT2D eigenvalue weighted by molar-refractivity contribution is 6.48. The molecule has 0 radical (unpaired) electrons. The first-order valence-electron chi connectivity index (χ1n) is 5.02. The number of ketones is 2. The monoisotopic (exact) mass is 209 g/mol. The Hall–Kier alpha value is -1.19. The molecule has 0 spiro atoms. The molecule has 15 heavy (non-hydrogen) atoms. The number of fused-ring (bicyclic) bond motifs is 2. The van der Waals surface area contributed by atoms with Crippen LogP contribution in [0, 0.1) is 16.2 Å². The van der Waals surface area contributed by atoms with Gasteiger partial charge in [0.1, 0.15) is 0 Å². The molecule has 0 aliphatic heterocycles. The number of carbonyl (C=O) groups is 3. The molecular formula is C11H13O4-. The van der Waals surface area contributed by atoms with Gasteiger partial charge in [0.15, 0.2) is 0 Å². The van der Waals surface area contributed by atoms with Crippen LogP contribution in [0.2, 0.25) is 0 Å². The number of carboxylic acids is 1. The molecule has 82 valence electrons. The SMILES string of the molecule is CC1(C)[C@@]2(C(=O)[O-])CC[C@@]1(C)C(=O)C2=O. The first-order chi connectivity index (χ1) is 6.72. The molecule has 2 saturated carbocycles. The van der Waals surface area contributed by atoms with Gasteiger partial charge in [0, 0.05) is 5.41 Å². The molecule has 2 fully saturated rings. The minimum absolute atomic E-state index is 0.226. The molecular weight excluding hydrogens is 196 g/mol. The lowest BCUT2D eigenvalue weighted by molar-refractivity contribution is -0.320. The van der Waals surface area contributed by atoms with Crippen LogP contribution in [-0.4, -0.2) is 17.5 Å². The van der Waals surface area contributed by atoms with Crippen LogP contribution in [0.3, 0.4) is 0 Å². The Kier molecular flexibility index (Phi) is 1.59. The molecule has 2 bridgehead atoms. The Morgan fingerprint density at radius 2 is 1.67 bits per heavy atom. The van der Waals surface area contributed by atoms with Crippen LogP contribution in [0.4, 0.5) is 0 Å². The minimum atomic E-state index is -1.58. The Morgan fingerprint density at radius 3 is 1.93 bits per heavy atom. The number of hydrogen-bond acceptors (Lipinski definition) is 4. The van der Waals surface area contributed by atoms with Crippen LogP contribution in [-0.2, 0) is 14.4 Å². The van der Waals surface area contributed by atoms with Gasteiger partial charge in [0.25, 0.3) is 0 Å². The summed E-state index contributed by atoms with van der Waals surface area (Å²) in [6.45, 7) is 5.04. The molecule has 4 nitrogen and oxygen atoms in total. The third-order valence-corrected chi connectivity index (χ3v) is 4.89. The smallest absolute Gasteiger partial charge is 0.211 e. The fourth-order valence-corrected chi connectivity index (χ4v) is 3.22. The van der Waals surface area contributed by atoms with Crippen molar-refractivity contribution in [2.45, 2.75) is 33.6 Å². The van der Waals surface area contributed by atoms with Crippen molar-refractivity contribution in [2.75, 3.05) is 0 Å². The average Bonchev–Trinajstić information content (AvgIpc) is 2.39. The quantitative estimate of drug-likeness (QED) is 0.439. The average molecular weight is 209 g/mol. The molecule has 0 aromatic heterocycles. The Labute approximate surface area is 87.7 Å². The van der Waals surface area contributed by atoms with E-state index >= 15 is 0 Å². The second-order valence-electron chi connectivity index (χ2n) is 5.31. The van der Waals surface area contributed by atoms with E-state index in [9.17, 15) is 19.5 Å². The number of rotatable bonds is 1. The third kappa shape index (κ3) is 0.713. The summed E-state index contributed by atoms with van der Waals surface area (Å²) in [5.74, 6) is -2.70. The molecule has 0 aromatic rings. The van der Waals surface area contributed by atoms with Crippen LogP contribution in [0.15, 0.2) is 0 Å². The van der Waals surface area contributed by atoms with Crippen molar-refractivity contribution in [1.29, 1.82) is 0 Å². The van der Waals surface area contributed by atoms with E-state index in [1.54, 1.807) is 20.8 Å². The summed E-state index contributed by atoms with van der Waals surface area (Å²) < 4.78 is 0. The van der Waals surface area contributed by atoms with Crippen LogP contribution in [0.5, 0.6) is 0 Å². The summed E-state index contributed by atoms with van der Waals surface area (Å²) in [6.07, 6.45) is 0.682. The van der Waals surface area contributed by atoms with Crippen molar-refractivity contribution in [1.82, 2.24) is 0 Å². The second kappa shape index (κ2) is 2.31. The zero-order chi connectivity index (χ0) is 11.6. The normalized spacial score (nSPS) is 42.3. The summed E-state index contributed by atoms with van der Waals surface area (Å²) in [7, 11) is 0. The summed E-state index contributed by atoms with van der Waals surface area (Å²) in [5.41, 5.74) is -3.25. The highest BCUT2D eigenvalue weighted by atomic mass is 16.4. The van der Waals surface area contributed by atoms with E-state index in [-0.39, 0.29) is 6.42 Å².